The Morgan fingerprint density at radius 2 is 1.71 bits per heavy atom. The Bertz CT molecular complexity index is 722. The van der Waals surface area contributed by atoms with Crippen molar-refractivity contribution in [2.45, 2.75) is 58.6 Å². The van der Waals surface area contributed by atoms with Crippen LogP contribution in [0.4, 0.5) is 11.4 Å². The summed E-state index contributed by atoms with van der Waals surface area (Å²) in [6.45, 7) is 10.4. The second kappa shape index (κ2) is 10.3. The van der Waals surface area contributed by atoms with Crippen LogP contribution in [0, 0.1) is 11.8 Å². The SMILES string of the molecule is CC(C)S(=O)(=O)NCCCCC(=O)Nc1ccc(N2C[C@H](C)C[C@@H](C)C2)cc1. The number of hydrogen-bond donors (Lipinski definition) is 2. The van der Waals surface area contributed by atoms with Gasteiger partial charge in [0.1, 0.15) is 0 Å². The number of piperidine rings is 1. The summed E-state index contributed by atoms with van der Waals surface area (Å²) in [5, 5.41) is 2.48. The number of nitrogens with one attached hydrogen (secondary N) is 2. The maximum atomic E-state index is 12.1. The minimum Gasteiger partial charge on any atom is -0.371 e. The lowest BCUT2D eigenvalue weighted by molar-refractivity contribution is -0.116. The molecule has 0 unspecified atom stereocenters. The summed E-state index contributed by atoms with van der Waals surface area (Å²) in [4.78, 5) is 14.5. The number of carbonyl (C=O) groups excluding carboxylic acids is 1. The molecular formula is C21H35N3O3S. The van der Waals surface area contributed by atoms with Crippen LogP contribution in [0.5, 0.6) is 0 Å². The summed E-state index contributed by atoms with van der Waals surface area (Å²) in [6.07, 6.45) is 2.95. The summed E-state index contributed by atoms with van der Waals surface area (Å²) in [7, 11) is -3.22. The minimum atomic E-state index is -3.22. The highest BCUT2D eigenvalue weighted by Crippen LogP contribution is 2.27. The molecule has 1 saturated heterocycles. The van der Waals surface area contributed by atoms with Gasteiger partial charge >= 0.3 is 0 Å². The first-order valence-electron chi connectivity index (χ1n) is 10.3. The van der Waals surface area contributed by atoms with Gasteiger partial charge in [0.15, 0.2) is 0 Å². The van der Waals surface area contributed by atoms with Crippen molar-refractivity contribution in [2.24, 2.45) is 11.8 Å². The largest absolute Gasteiger partial charge is 0.371 e. The number of carbonyl (C=O) groups is 1. The van der Waals surface area contributed by atoms with Gasteiger partial charge in [-0.3, -0.25) is 4.79 Å². The molecule has 1 fully saturated rings. The van der Waals surface area contributed by atoms with Crippen LogP contribution in [0.1, 0.15) is 53.4 Å². The molecule has 6 nitrogen and oxygen atoms in total. The molecule has 1 aromatic rings. The number of amides is 1. The van der Waals surface area contributed by atoms with Crippen molar-refractivity contribution in [3.63, 3.8) is 0 Å². The molecule has 0 radical (unpaired) electrons. The summed E-state index contributed by atoms with van der Waals surface area (Å²) in [6, 6.07) is 8.05. The molecule has 28 heavy (non-hydrogen) atoms. The fourth-order valence-electron chi connectivity index (χ4n) is 3.64. The van der Waals surface area contributed by atoms with E-state index in [0.717, 1.165) is 18.8 Å². The average molecular weight is 410 g/mol. The van der Waals surface area contributed by atoms with Gasteiger partial charge in [-0.25, -0.2) is 13.1 Å². The van der Waals surface area contributed by atoms with Gasteiger partial charge in [0.05, 0.1) is 5.25 Å². The number of anilines is 2. The normalized spacial score (nSPS) is 20.4. The van der Waals surface area contributed by atoms with Crippen molar-refractivity contribution >= 4 is 27.3 Å². The first kappa shape index (κ1) is 22.7. The van der Waals surface area contributed by atoms with Gasteiger partial charge in [-0.15, -0.1) is 0 Å². The van der Waals surface area contributed by atoms with Gasteiger partial charge in [0.2, 0.25) is 15.9 Å². The fraction of sp³-hybridized carbons (Fsp3) is 0.667. The highest BCUT2D eigenvalue weighted by molar-refractivity contribution is 7.90. The highest BCUT2D eigenvalue weighted by Gasteiger charge is 2.21. The Morgan fingerprint density at radius 3 is 2.29 bits per heavy atom. The standard InChI is InChI=1S/C21H35N3O3S/c1-16(2)28(26,27)22-12-6-5-7-21(25)23-19-8-10-20(11-9-19)24-14-17(3)13-18(4)15-24/h8-11,16-18,22H,5-7,12-15H2,1-4H3,(H,23,25)/t17-,18-/m1/s1. The Balaban J connectivity index is 1.72. The molecule has 0 aromatic heterocycles. The van der Waals surface area contributed by atoms with Crippen LogP contribution >= 0.6 is 0 Å². The lowest BCUT2D eigenvalue weighted by Crippen LogP contribution is -2.38. The van der Waals surface area contributed by atoms with Crippen molar-refractivity contribution in [1.82, 2.24) is 4.72 Å². The predicted octanol–water partition coefficient (Wildman–Crippen LogP) is 3.61. The fourth-order valence-corrected chi connectivity index (χ4v) is 4.41. The third kappa shape index (κ3) is 7.09. The van der Waals surface area contributed by atoms with Crippen molar-refractivity contribution in [1.29, 1.82) is 0 Å². The third-order valence-electron chi connectivity index (χ3n) is 5.14. The summed E-state index contributed by atoms with van der Waals surface area (Å²) >= 11 is 0. The van der Waals surface area contributed by atoms with E-state index in [1.165, 1.54) is 12.1 Å². The van der Waals surface area contributed by atoms with E-state index in [9.17, 15) is 13.2 Å². The summed E-state index contributed by atoms with van der Waals surface area (Å²) < 4.78 is 25.9. The van der Waals surface area contributed by atoms with Gasteiger partial charge < -0.3 is 10.2 Å². The molecule has 7 heteroatoms. The molecular weight excluding hydrogens is 374 g/mol. The zero-order valence-corrected chi connectivity index (χ0v) is 18.4. The number of hydrogen-bond acceptors (Lipinski definition) is 4. The van der Waals surface area contributed by atoms with Crippen molar-refractivity contribution in [3.8, 4) is 0 Å². The molecule has 1 amide bonds. The Labute approximate surface area is 170 Å². The predicted molar refractivity (Wildman–Crippen MR) is 116 cm³/mol. The molecule has 1 aliphatic rings. The smallest absolute Gasteiger partial charge is 0.224 e. The van der Waals surface area contributed by atoms with Crippen molar-refractivity contribution in [2.75, 3.05) is 29.9 Å². The van der Waals surface area contributed by atoms with Gasteiger partial charge in [0.25, 0.3) is 0 Å². The first-order chi connectivity index (χ1) is 13.2. The van der Waals surface area contributed by atoms with Crippen LogP contribution in [0.25, 0.3) is 0 Å². The van der Waals surface area contributed by atoms with E-state index >= 15 is 0 Å². The molecule has 2 atom stereocenters. The van der Waals surface area contributed by atoms with Gasteiger partial charge in [-0.1, -0.05) is 13.8 Å². The second-order valence-corrected chi connectivity index (χ2v) is 10.7. The Hall–Kier alpha value is -1.60. The number of nitrogens with zero attached hydrogens (tertiary/aromatic N) is 1. The van der Waals surface area contributed by atoms with Crippen LogP contribution in [0.3, 0.4) is 0 Å². The maximum Gasteiger partial charge on any atom is 0.224 e. The topological polar surface area (TPSA) is 78.5 Å². The lowest BCUT2D eigenvalue weighted by Gasteiger charge is -2.36. The molecule has 0 saturated carbocycles. The molecule has 1 heterocycles. The minimum absolute atomic E-state index is 0.0420. The van der Waals surface area contributed by atoms with Crippen molar-refractivity contribution < 1.29 is 13.2 Å². The van der Waals surface area contributed by atoms with Gasteiger partial charge in [0, 0.05) is 37.4 Å². The number of benzene rings is 1. The second-order valence-electron chi connectivity index (χ2n) is 8.39. The molecule has 1 aliphatic heterocycles. The van der Waals surface area contributed by atoms with E-state index in [4.69, 9.17) is 0 Å². The Kier molecular flexibility index (Phi) is 8.31. The van der Waals surface area contributed by atoms with Crippen LogP contribution in [-0.2, 0) is 14.8 Å². The molecule has 158 valence electrons. The highest BCUT2D eigenvalue weighted by atomic mass is 32.2. The van der Waals surface area contributed by atoms with Crippen LogP contribution < -0.4 is 14.9 Å². The quantitative estimate of drug-likeness (QED) is 0.611. The summed E-state index contributed by atoms with van der Waals surface area (Å²) in [5.74, 6) is 1.36. The molecule has 2 N–H and O–H groups in total. The van der Waals surface area contributed by atoms with E-state index in [-0.39, 0.29) is 5.91 Å². The summed E-state index contributed by atoms with van der Waals surface area (Å²) in [5.41, 5.74) is 2.00. The van der Waals surface area contributed by atoms with Crippen molar-refractivity contribution in [3.05, 3.63) is 24.3 Å². The number of unbranched alkanes of at least 4 members (excludes halogenated alkanes) is 1. The van der Waals surface area contributed by atoms with E-state index in [1.54, 1.807) is 13.8 Å². The zero-order chi connectivity index (χ0) is 20.7. The van der Waals surface area contributed by atoms with E-state index < -0.39 is 15.3 Å². The monoisotopic (exact) mass is 409 g/mol. The van der Waals surface area contributed by atoms with Gasteiger partial charge in [-0.2, -0.15) is 0 Å². The van der Waals surface area contributed by atoms with Gasteiger partial charge in [-0.05, 0) is 69.2 Å². The lowest BCUT2D eigenvalue weighted by atomic mass is 9.91. The maximum absolute atomic E-state index is 12.1. The molecule has 0 aliphatic carbocycles. The molecule has 1 aromatic carbocycles. The molecule has 0 spiro atoms. The number of sulfonamides is 1. The molecule has 0 bridgehead atoms. The first-order valence-corrected chi connectivity index (χ1v) is 11.9. The third-order valence-corrected chi connectivity index (χ3v) is 6.99. The van der Waals surface area contributed by atoms with E-state index in [0.29, 0.717) is 37.6 Å². The Morgan fingerprint density at radius 1 is 1.11 bits per heavy atom. The van der Waals surface area contributed by atoms with Crippen LogP contribution in [0.2, 0.25) is 0 Å². The van der Waals surface area contributed by atoms with E-state index in [1.807, 2.05) is 12.1 Å². The number of rotatable bonds is 9. The average Bonchev–Trinajstić information content (AvgIpc) is 2.61. The van der Waals surface area contributed by atoms with Crippen LogP contribution in [-0.4, -0.2) is 39.2 Å². The van der Waals surface area contributed by atoms with Crippen LogP contribution in [0.15, 0.2) is 24.3 Å². The molecule has 2 rings (SSSR count). The zero-order valence-electron chi connectivity index (χ0n) is 17.6. The van der Waals surface area contributed by atoms with E-state index in [2.05, 4.69) is 40.9 Å².